The minimum atomic E-state index is -0.482. The fourth-order valence-corrected chi connectivity index (χ4v) is 7.27. The number of hydrogen-bond acceptors (Lipinski definition) is 6. The Labute approximate surface area is 194 Å². The number of nitrogens with two attached hydrogens (primary N) is 1. The lowest BCUT2D eigenvalue weighted by Gasteiger charge is -2.58. The van der Waals surface area contributed by atoms with Gasteiger partial charge in [-0.15, -0.1) is 0 Å². The fraction of sp³-hybridized carbons (Fsp3) is 0.577. The van der Waals surface area contributed by atoms with Gasteiger partial charge < -0.3 is 21.1 Å². The van der Waals surface area contributed by atoms with E-state index in [9.17, 15) is 9.90 Å². The number of carbonyl (C=O) groups is 1. The quantitative estimate of drug-likeness (QED) is 0.665. The van der Waals surface area contributed by atoms with Gasteiger partial charge in [0.2, 0.25) is 0 Å². The molecule has 174 valence electrons. The number of nitrogen functional groups attached to an aromatic ring is 1. The van der Waals surface area contributed by atoms with Crippen LogP contribution in [-0.2, 0) is 0 Å². The van der Waals surface area contributed by atoms with E-state index in [1.54, 1.807) is 0 Å². The molecule has 7 nitrogen and oxygen atoms in total. The zero-order valence-electron chi connectivity index (χ0n) is 19.0. The van der Waals surface area contributed by atoms with Gasteiger partial charge in [0.15, 0.2) is 0 Å². The Balaban J connectivity index is 1.10. The Hall–Kier alpha value is -2.67. The van der Waals surface area contributed by atoms with Crippen LogP contribution in [-0.4, -0.2) is 45.7 Å². The Kier molecular flexibility index (Phi) is 5.05. The molecule has 5 fully saturated rings. The number of nitrogens with one attached hydrogen (secondary N) is 1. The number of anilines is 2. The molecule has 1 aliphatic heterocycles. The number of pyridine rings is 2. The number of amides is 1. The second-order valence-electron chi connectivity index (χ2n) is 10.9. The van der Waals surface area contributed by atoms with Gasteiger partial charge in [-0.1, -0.05) is 12.1 Å². The molecule has 0 aromatic carbocycles. The maximum Gasteiger partial charge on any atom is 0.270 e. The normalized spacial score (nSPS) is 33.3. The number of piperidine rings is 1. The smallest absolute Gasteiger partial charge is 0.270 e. The van der Waals surface area contributed by atoms with Gasteiger partial charge in [-0.2, -0.15) is 0 Å². The Morgan fingerprint density at radius 2 is 1.85 bits per heavy atom. The number of carbonyl (C=O) groups excluding carboxylic acids is 1. The van der Waals surface area contributed by atoms with E-state index >= 15 is 0 Å². The molecule has 2 aromatic rings. The van der Waals surface area contributed by atoms with Gasteiger partial charge in [-0.3, -0.25) is 4.79 Å². The highest BCUT2D eigenvalue weighted by Gasteiger charge is 2.55. The molecule has 5 aliphatic rings. The molecule has 4 aliphatic carbocycles. The van der Waals surface area contributed by atoms with E-state index in [4.69, 9.17) is 10.7 Å². The third-order valence-corrected chi connectivity index (χ3v) is 8.61. The van der Waals surface area contributed by atoms with Gasteiger partial charge in [0, 0.05) is 25.3 Å². The average molecular weight is 448 g/mol. The van der Waals surface area contributed by atoms with Crippen LogP contribution in [0.4, 0.5) is 11.6 Å². The first-order valence-electron chi connectivity index (χ1n) is 12.4. The Bertz CT molecular complexity index is 1020. The van der Waals surface area contributed by atoms with Crippen LogP contribution in [0, 0.1) is 17.8 Å². The van der Waals surface area contributed by atoms with Crippen molar-refractivity contribution in [2.45, 2.75) is 62.5 Å². The van der Waals surface area contributed by atoms with Crippen molar-refractivity contribution in [1.29, 1.82) is 0 Å². The summed E-state index contributed by atoms with van der Waals surface area (Å²) in [5.74, 6) is 3.26. The lowest BCUT2D eigenvalue weighted by Crippen LogP contribution is -2.61. The molecule has 4 saturated carbocycles. The van der Waals surface area contributed by atoms with E-state index in [1.807, 2.05) is 30.5 Å². The van der Waals surface area contributed by atoms with E-state index in [0.717, 1.165) is 63.9 Å². The second-order valence-corrected chi connectivity index (χ2v) is 10.9. The van der Waals surface area contributed by atoms with Gasteiger partial charge in [0.25, 0.3) is 5.91 Å². The number of rotatable bonds is 4. The lowest BCUT2D eigenvalue weighted by molar-refractivity contribution is -0.136. The van der Waals surface area contributed by atoms with Crippen molar-refractivity contribution in [1.82, 2.24) is 15.3 Å². The second kappa shape index (κ2) is 7.97. The molecule has 0 radical (unpaired) electrons. The molecule has 33 heavy (non-hydrogen) atoms. The standard InChI is InChI=1S/C26H33N5O2/c27-22-5-4-18(15-28-22)17-6-8-31(9-7-17)23-3-1-2-21(29-23)25(32)30-24-19-10-16-11-20(24)14-26(33,12-16)13-19/h1-5,15-17,19-20,24,33H,6-14H2,(H2,27,28)(H,30,32). The monoisotopic (exact) mass is 447 g/mol. The highest BCUT2D eigenvalue weighted by Crippen LogP contribution is 2.55. The number of hydrogen-bond donors (Lipinski definition) is 3. The van der Waals surface area contributed by atoms with Gasteiger partial charge in [-0.25, -0.2) is 9.97 Å². The molecular weight excluding hydrogens is 414 g/mol. The van der Waals surface area contributed by atoms with Crippen LogP contribution in [0.1, 0.15) is 66.9 Å². The van der Waals surface area contributed by atoms with Crippen molar-refractivity contribution < 1.29 is 9.90 Å². The maximum absolute atomic E-state index is 13.1. The fourth-order valence-electron chi connectivity index (χ4n) is 7.27. The van der Waals surface area contributed by atoms with E-state index in [2.05, 4.69) is 21.3 Å². The van der Waals surface area contributed by atoms with Gasteiger partial charge in [0.1, 0.15) is 17.3 Å². The van der Waals surface area contributed by atoms with Crippen LogP contribution in [0.25, 0.3) is 0 Å². The van der Waals surface area contributed by atoms with Gasteiger partial charge in [-0.05, 0) is 92.4 Å². The zero-order valence-corrected chi connectivity index (χ0v) is 19.0. The third-order valence-electron chi connectivity index (χ3n) is 8.61. The Morgan fingerprint density at radius 1 is 1.09 bits per heavy atom. The summed E-state index contributed by atoms with van der Waals surface area (Å²) in [5, 5.41) is 14.1. The van der Waals surface area contributed by atoms with E-state index < -0.39 is 5.60 Å². The minimum Gasteiger partial charge on any atom is -0.390 e. The predicted molar refractivity (Wildman–Crippen MR) is 127 cm³/mol. The SMILES string of the molecule is Nc1ccc(C2CCN(c3cccc(C(=O)NC4C5CC6CC4CC(O)(C6)C5)n3)CC2)cn1. The van der Waals surface area contributed by atoms with E-state index in [-0.39, 0.29) is 11.9 Å². The molecule has 4 N–H and O–H groups in total. The average Bonchev–Trinajstić information content (AvgIpc) is 2.81. The number of nitrogens with zero attached hydrogens (tertiary/aromatic N) is 3. The highest BCUT2D eigenvalue weighted by molar-refractivity contribution is 5.93. The van der Waals surface area contributed by atoms with Crippen molar-refractivity contribution >= 4 is 17.5 Å². The minimum absolute atomic E-state index is 0.0795. The molecule has 1 amide bonds. The van der Waals surface area contributed by atoms with Crippen molar-refractivity contribution in [3.8, 4) is 0 Å². The van der Waals surface area contributed by atoms with Crippen LogP contribution < -0.4 is 16.0 Å². The van der Waals surface area contributed by atoms with Crippen LogP contribution >= 0.6 is 0 Å². The van der Waals surface area contributed by atoms with Crippen LogP contribution in [0.2, 0.25) is 0 Å². The summed E-state index contributed by atoms with van der Waals surface area (Å²) in [6.07, 6.45) is 8.83. The molecule has 2 atom stereocenters. The molecular formula is C26H33N5O2. The Morgan fingerprint density at radius 3 is 2.52 bits per heavy atom. The first-order valence-corrected chi connectivity index (χ1v) is 12.4. The lowest BCUT2D eigenvalue weighted by atomic mass is 9.52. The van der Waals surface area contributed by atoms with E-state index in [1.165, 1.54) is 5.56 Å². The zero-order chi connectivity index (χ0) is 22.6. The summed E-state index contributed by atoms with van der Waals surface area (Å²) >= 11 is 0. The first kappa shape index (κ1) is 20.9. The van der Waals surface area contributed by atoms with E-state index in [0.29, 0.717) is 35.2 Å². The summed E-state index contributed by atoms with van der Waals surface area (Å²) in [4.78, 5) is 24.4. The molecule has 0 spiro atoms. The third kappa shape index (κ3) is 3.97. The molecule has 2 aromatic heterocycles. The van der Waals surface area contributed by atoms with Crippen molar-refractivity contribution in [2.75, 3.05) is 23.7 Å². The summed E-state index contributed by atoms with van der Waals surface area (Å²) in [6, 6.07) is 9.87. The topological polar surface area (TPSA) is 104 Å². The summed E-state index contributed by atoms with van der Waals surface area (Å²) in [6.45, 7) is 1.81. The van der Waals surface area contributed by atoms with Crippen LogP contribution in [0.3, 0.4) is 0 Å². The van der Waals surface area contributed by atoms with Crippen molar-refractivity contribution in [2.24, 2.45) is 17.8 Å². The molecule has 4 bridgehead atoms. The first-order chi connectivity index (χ1) is 16.0. The largest absolute Gasteiger partial charge is 0.390 e. The molecule has 7 heteroatoms. The molecule has 2 unspecified atom stereocenters. The van der Waals surface area contributed by atoms with Crippen LogP contribution in [0.15, 0.2) is 36.5 Å². The molecule has 1 saturated heterocycles. The number of aromatic nitrogens is 2. The van der Waals surface area contributed by atoms with Crippen molar-refractivity contribution in [3.05, 3.63) is 47.8 Å². The van der Waals surface area contributed by atoms with Gasteiger partial charge in [0.05, 0.1) is 5.60 Å². The van der Waals surface area contributed by atoms with Crippen molar-refractivity contribution in [3.63, 3.8) is 0 Å². The van der Waals surface area contributed by atoms with Gasteiger partial charge >= 0.3 is 0 Å². The summed E-state index contributed by atoms with van der Waals surface area (Å²) in [5.41, 5.74) is 6.97. The summed E-state index contributed by atoms with van der Waals surface area (Å²) < 4.78 is 0. The maximum atomic E-state index is 13.1. The summed E-state index contributed by atoms with van der Waals surface area (Å²) in [7, 11) is 0. The number of aliphatic hydroxyl groups is 1. The molecule has 7 rings (SSSR count). The predicted octanol–water partition coefficient (Wildman–Crippen LogP) is 3.11. The molecule has 3 heterocycles. The van der Waals surface area contributed by atoms with Crippen LogP contribution in [0.5, 0.6) is 0 Å². The highest BCUT2D eigenvalue weighted by atomic mass is 16.3.